The monoisotopic (exact) mass is 408 g/mol. The summed E-state index contributed by atoms with van der Waals surface area (Å²) in [4.78, 5) is 35.2. The van der Waals surface area contributed by atoms with Gasteiger partial charge in [0.2, 0.25) is 5.91 Å². The molecule has 0 heterocycles. The molecule has 156 valence electrons. The van der Waals surface area contributed by atoms with Gasteiger partial charge in [0.1, 0.15) is 12.6 Å². The van der Waals surface area contributed by atoms with Crippen molar-refractivity contribution < 1.29 is 24.2 Å². The van der Waals surface area contributed by atoms with Crippen LogP contribution in [-0.2, 0) is 14.3 Å². The molecule has 1 saturated carbocycles. The van der Waals surface area contributed by atoms with Crippen molar-refractivity contribution in [1.29, 1.82) is 0 Å². The molecule has 7 heteroatoms. The molecule has 7 nitrogen and oxygen atoms in total. The van der Waals surface area contributed by atoms with Crippen LogP contribution >= 0.6 is 0 Å². The highest BCUT2D eigenvalue weighted by atomic mass is 16.5. The Morgan fingerprint density at radius 1 is 1.07 bits per heavy atom. The maximum absolute atomic E-state index is 12.2. The number of benzene rings is 2. The zero-order valence-electron chi connectivity index (χ0n) is 16.6. The molecule has 2 aromatic rings. The number of rotatable bonds is 7. The summed E-state index contributed by atoms with van der Waals surface area (Å²) in [6, 6.07) is 15.4. The maximum Gasteiger partial charge on any atom is 0.407 e. The van der Waals surface area contributed by atoms with Crippen LogP contribution in [0.5, 0.6) is 0 Å². The Bertz CT molecular complexity index is 944. The fourth-order valence-corrected chi connectivity index (χ4v) is 4.04. The van der Waals surface area contributed by atoms with Gasteiger partial charge in [-0.1, -0.05) is 48.5 Å². The summed E-state index contributed by atoms with van der Waals surface area (Å²) in [5.74, 6) is -1.66. The number of amides is 2. The van der Waals surface area contributed by atoms with E-state index in [0.717, 1.165) is 22.3 Å². The normalized spacial score (nSPS) is 19.9. The largest absolute Gasteiger partial charge is 0.481 e. The number of carboxylic acids is 1. The highest BCUT2D eigenvalue weighted by Crippen LogP contribution is 2.44. The summed E-state index contributed by atoms with van der Waals surface area (Å²) < 4.78 is 5.44. The summed E-state index contributed by atoms with van der Waals surface area (Å²) >= 11 is 0. The number of hydrogen-bond acceptors (Lipinski definition) is 4. The molecule has 1 unspecified atom stereocenters. The van der Waals surface area contributed by atoms with E-state index in [9.17, 15) is 14.4 Å². The summed E-state index contributed by atoms with van der Waals surface area (Å²) in [7, 11) is 0. The van der Waals surface area contributed by atoms with E-state index < -0.39 is 18.1 Å². The number of fused-ring (bicyclic) bond motifs is 3. The molecular formula is C23H24N2O5. The number of nitrogens with one attached hydrogen (secondary N) is 2. The first-order valence-electron chi connectivity index (χ1n) is 10.1. The van der Waals surface area contributed by atoms with Crippen molar-refractivity contribution in [3.05, 3.63) is 59.7 Å². The van der Waals surface area contributed by atoms with E-state index in [1.165, 1.54) is 0 Å². The van der Waals surface area contributed by atoms with Gasteiger partial charge in [-0.05, 0) is 41.5 Å². The average Bonchev–Trinajstić information content (AvgIpc) is 3.46. The lowest BCUT2D eigenvalue weighted by molar-refractivity contribution is -0.139. The van der Waals surface area contributed by atoms with Crippen molar-refractivity contribution in [1.82, 2.24) is 10.6 Å². The van der Waals surface area contributed by atoms with Crippen molar-refractivity contribution in [3.63, 3.8) is 0 Å². The van der Waals surface area contributed by atoms with Crippen LogP contribution in [0.2, 0.25) is 0 Å². The minimum atomic E-state index is -0.834. The molecule has 4 rings (SSSR count). The Kier molecular flexibility index (Phi) is 5.44. The van der Waals surface area contributed by atoms with Gasteiger partial charge in [0.25, 0.3) is 0 Å². The number of aliphatic carboxylic acids is 1. The lowest BCUT2D eigenvalue weighted by atomic mass is 9.98. The van der Waals surface area contributed by atoms with E-state index in [1.54, 1.807) is 6.92 Å². The van der Waals surface area contributed by atoms with Gasteiger partial charge >= 0.3 is 12.1 Å². The van der Waals surface area contributed by atoms with Gasteiger partial charge in [0.05, 0.1) is 5.92 Å². The Labute approximate surface area is 174 Å². The fourth-order valence-electron chi connectivity index (χ4n) is 4.04. The first-order valence-corrected chi connectivity index (χ1v) is 10.1. The first kappa shape index (κ1) is 19.9. The van der Waals surface area contributed by atoms with E-state index in [-0.39, 0.29) is 30.3 Å². The zero-order valence-corrected chi connectivity index (χ0v) is 16.6. The average molecular weight is 408 g/mol. The predicted octanol–water partition coefficient (Wildman–Crippen LogP) is 2.75. The van der Waals surface area contributed by atoms with Crippen LogP contribution in [0.1, 0.15) is 30.4 Å². The molecule has 2 aliphatic rings. The number of carbonyl (C=O) groups is 3. The first-order chi connectivity index (χ1) is 14.5. The molecule has 0 aliphatic heterocycles. The molecular weight excluding hydrogens is 384 g/mol. The number of carbonyl (C=O) groups excluding carboxylic acids is 2. The van der Waals surface area contributed by atoms with Crippen LogP contribution < -0.4 is 10.6 Å². The SMILES string of the molecule is CC(NC(=O)OCC1c2ccccc2-c2ccccc21)C(=O)NC[C@@H]1C[C@@H]1C(=O)O. The molecule has 3 N–H and O–H groups in total. The minimum absolute atomic E-state index is 0.0342. The van der Waals surface area contributed by atoms with E-state index in [2.05, 4.69) is 22.8 Å². The predicted molar refractivity (Wildman–Crippen MR) is 110 cm³/mol. The maximum atomic E-state index is 12.2. The van der Waals surface area contributed by atoms with E-state index in [0.29, 0.717) is 13.0 Å². The molecule has 2 aliphatic carbocycles. The Morgan fingerprint density at radius 3 is 2.23 bits per heavy atom. The lowest BCUT2D eigenvalue weighted by Gasteiger charge is -2.17. The quantitative estimate of drug-likeness (QED) is 0.653. The topological polar surface area (TPSA) is 105 Å². The van der Waals surface area contributed by atoms with Crippen LogP contribution in [-0.4, -0.2) is 42.3 Å². The zero-order chi connectivity index (χ0) is 21.3. The molecule has 0 bridgehead atoms. The molecule has 2 aromatic carbocycles. The standard InChI is InChI=1S/C23H24N2O5/c1-13(21(26)24-11-14-10-19(14)22(27)28)25-23(29)30-12-20-17-8-4-2-6-15(17)16-7-3-5-9-18(16)20/h2-9,13-14,19-20H,10-12H2,1H3,(H,24,26)(H,25,29)(H,27,28)/t13?,14-,19-/m0/s1. The third kappa shape index (κ3) is 4.01. The number of alkyl carbamates (subject to hydrolysis) is 1. The third-order valence-electron chi connectivity index (χ3n) is 5.85. The fraction of sp³-hybridized carbons (Fsp3) is 0.348. The van der Waals surface area contributed by atoms with Crippen molar-refractivity contribution in [3.8, 4) is 11.1 Å². The Morgan fingerprint density at radius 2 is 1.67 bits per heavy atom. The second-order valence-electron chi connectivity index (χ2n) is 7.88. The summed E-state index contributed by atoms with van der Waals surface area (Å²) in [6.45, 7) is 2.04. The van der Waals surface area contributed by atoms with Gasteiger partial charge in [0.15, 0.2) is 0 Å². The number of hydrogen-bond donors (Lipinski definition) is 3. The minimum Gasteiger partial charge on any atom is -0.481 e. The van der Waals surface area contributed by atoms with Gasteiger partial charge in [-0.15, -0.1) is 0 Å². The van der Waals surface area contributed by atoms with Crippen molar-refractivity contribution in [2.45, 2.75) is 25.3 Å². The van der Waals surface area contributed by atoms with Crippen LogP contribution in [0.15, 0.2) is 48.5 Å². The van der Waals surface area contributed by atoms with Gasteiger partial charge in [-0.3, -0.25) is 9.59 Å². The van der Waals surface area contributed by atoms with Gasteiger partial charge in [-0.25, -0.2) is 4.79 Å². The molecule has 0 radical (unpaired) electrons. The lowest BCUT2D eigenvalue weighted by Crippen LogP contribution is -2.45. The molecule has 2 amide bonds. The smallest absolute Gasteiger partial charge is 0.407 e. The Hall–Kier alpha value is -3.35. The summed E-state index contributed by atoms with van der Waals surface area (Å²) in [6.07, 6.45) is -0.0848. The third-order valence-corrected chi connectivity index (χ3v) is 5.85. The van der Waals surface area contributed by atoms with Gasteiger partial charge < -0.3 is 20.5 Å². The van der Waals surface area contributed by atoms with Crippen LogP contribution in [0.25, 0.3) is 11.1 Å². The van der Waals surface area contributed by atoms with E-state index >= 15 is 0 Å². The van der Waals surface area contributed by atoms with E-state index in [1.807, 2.05) is 36.4 Å². The van der Waals surface area contributed by atoms with Crippen molar-refractivity contribution >= 4 is 18.0 Å². The van der Waals surface area contributed by atoms with Gasteiger partial charge in [-0.2, -0.15) is 0 Å². The van der Waals surface area contributed by atoms with Crippen LogP contribution in [0, 0.1) is 11.8 Å². The molecule has 1 fully saturated rings. The Balaban J connectivity index is 1.29. The molecule has 3 atom stereocenters. The summed E-state index contributed by atoms with van der Waals surface area (Å²) in [5.41, 5.74) is 4.54. The number of ether oxygens (including phenoxy) is 1. The highest BCUT2D eigenvalue weighted by molar-refractivity contribution is 5.85. The van der Waals surface area contributed by atoms with Crippen LogP contribution in [0.4, 0.5) is 4.79 Å². The van der Waals surface area contributed by atoms with Crippen molar-refractivity contribution in [2.24, 2.45) is 11.8 Å². The van der Waals surface area contributed by atoms with Crippen LogP contribution in [0.3, 0.4) is 0 Å². The second-order valence-corrected chi connectivity index (χ2v) is 7.88. The second kappa shape index (κ2) is 8.18. The summed E-state index contributed by atoms with van der Waals surface area (Å²) in [5, 5.41) is 14.1. The van der Waals surface area contributed by atoms with Crippen molar-refractivity contribution in [2.75, 3.05) is 13.2 Å². The van der Waals surface area contributed by atoms with E-state index in [4.69, 9.17) is 9.84 Å². The molecule has 30 heavy (non-hydrogen) atoms. The molecule has 0 spiro atoms. The van der Waals surface area contributed by atoms with Gasteiger partial charge in [0, 0.05) is 12.5 Å². The highest BCUT2D eigenvalue weighted by Gasteiger charge is 2.43. The molecule has 0 aromatic heterocycles. The molecule has 0 saturated heterocycles. The number of carboxylic acid groups (broad SMARTS) is 1.